The second-order valence-electron chi connectivity index (χ2n) is 5.04. The van der Waals surface area contributed by atoms with E-state index < -0.39 is 0 Å². The second kappa shape index (κ2) is 4.40. The first-order chi connectivity index (χ1) is 8.75. The van der Waals surface area contributed by atoms with Crippen LogP contribution >= 0.6 is 0 Å². The number of hydrogen-bond donors (Lipinski definition) is 1. The number of tetrazole rings is 1. The van der Waals surface area contributed by atoms with E-state index in [0.29, 0.717) is 12.0 Å². The molecule has 0 radical (unpaired) electrons. The minimum absolute atomic E-state index is 0.424. The number of rotatable bonds is 2. The third kappa shape index (κ3) is 1.85. The maximum atomic E-state index is 5.70. The highest BCUT2D eigenvalue weighted by atomic mass is 15.6. The number of hydrogen-bond acceptors (Lipinski definition) is 4. The van der Waals surface area contributed by atoms with Crippen LogP contribution in [0.2, 0.25) is 0 Å². The number of aromatic nitrogens is 4. The van der Waals surface area contributed by atoms with E-state index in [1.165, 1.54) is 12.8 Å². The van der Waals surface area contributed by atoms with Crippen molar-refractivity contribution in [2.45, 2.75) is 32.2 Å². The van der Waals surface area contributed by atoms with Crippen LogP contribution < -0.4 is 5.73 Å². The number of nitrogens with zero attached hydrogens (tertiary/aromatic N) is 4. The summed E-state index contributed by atoms with van der Waals surface area (Å²) in [5.74, 6) is 1.48. The quantitative estimate of drug-likeness (QED) is 0.821. The molecule has 1 saturated carbocycles. The largest absolute Gasteiger partial charge is 0.399 e. The highest BCUT2D eigenvalue weighted by Crippen LogP contribution is 2.36. The van der Waals surface area contributed by atoms with E-state index in [0.717, 1.165) is 23.5 Å². The standard InChI is InChI=1S/C13H17N5/c1-9-3-2-4-12(9)18-13(15-16-17-18)10-5-7-11(14)8-6-10/h5-9,12H,2-4,14H2,1H3. The molecular weight excluding hydrogens is 226 g/mol. The van der Waals surface area contributed by atoms with Crippen molar-refractivity contribution in [2.24, 2.45) is 5.92 Å². The third-order valence-electron chi connectivity index (χ3n) is 3.79. The first-order valence-electron chi connectivity index (χ1n) is 6.39. The third-order valence-corrected chi connectivity index (χ3v) is 3.79. The lowest BCUT2D eigenvalue weighted by atomic mass is 10.1. The molecule has 3 rings (SSSR count). The Morgan fingerprint density at radius 3 is 2.67 bits per heavy atom. The van der Waals surface area contributed by atoms with Gasteiger partial charge in [0.1, 0.15) is 0 Å². The zero-order valence-corrected chi connectivity index (χ0v) is 10.5. The van der Waals surface area contributed by atoms with Crippen molar-refractivity contribution in [2.75, 3.05) is 5.73 Å². The van der Waals surface area contributed by atoms with E-state index in [1.54, 1.807) is 0 Å². The van der Waals surface area contributed by atoms with E-state index in [-0.39, 0.29) is 0 Å². The Balaban J connectivity index is 1.98. The summed E-state index contributed by atoms with van der Waals surface area (Å²) in [6.45, 7) is 2.27. The molecule has 0 amide bonds. The molecule has 1 fully saturated rings. The van der Waals surface area contributed by atoms with E-state index in [9.17, 15) is 0 Å². The van der Waals surface area contributed by atoms with Gasteiger partial charge in [0.25, 0.3) is 0 Å². The van der Waals surface area contributed by atoms with Gasteiger partial charge in [-0.1, -0.05) is 13.3 Å². The summed E-state index contributed by atoms with van der Waals surface area (Å²) in [5, 5.41) is 12.2. The van der Waals surface area contributed by atoms with E-state index in [4.69, 9.17) is 5.73 Å². The summed E-state index contributed by atoms with van der Waals surface area (Å²) >= 11 is 0. The number of nitrogens with two attached hydrogens (primary N) is 1. The van der Waals surface area contributed by atoms with Crippen LogP contribution in [-0.2, 0) is 0 Å². The van der Waals surface area contributed by atoms with Crippen LogP contribution in [0.5, 0.6) is 0 Å². The van der Waals surface area contributed by atoms with Crippen molar-refractivity contribution in [3.05, 3.63) is 24.3 Å². The van der Waals surface area contributed by atoms with Crippen molar-refractivity contribution >= 4 is 5.69 Å². The molecule has 18 heavy (non-hydrogen) atoms. The minimum atomic E-state index is 0.424. The Morgan fingerprint density at radius 1 is 1.22 bits per heavy atom. The van der Waals surface area contributed by atoms with Crippen molar-refractivity contribution < 1.29 is 0 Å². The smallest absolute Gasteiger partial charge is 0.182 e. The zero-order chi connectivity index (χ0) is 12.5. The van der Waals surface area contributed by atoms with Crippen LogP contribution in [0.3, 0.4) is 0 Å². The summed E-state index contributed by atoms with van der Waals surface area (Å²) < 4.78 is 1.98. The second-order valence-corrected chi connectivity index (χ2v) is 5.04. The first-order valence-corrected chi connectivity index (χ1v) is 6.39. The summed E-state index contributed by atoms with van der Waals surface area (Å²) in [6.07, 6.45) is 3.67. The predicted octanol–water partition coefficient (Wildman–Crippen LogP) is 2.28. The molecule has 0 bridgehead atoms. The average Bonchev–Trinajstić information content (AvgIpc) is 2.98. The van der Waals surface area contributed by atoms with Crippen LogP contribution in [0.25, 0.3) is 11.4 Å². The van der Waals surface area contributed by atoms with Crippen LogP contribution in [-0.4, -0.2) is 20.2 Å². The highest BCUT2D eigenvalue weighted by molar-refractivity contribution is 5.58. The van der Waals surface area contributed by atoms with Gasteiger partial charge in [-0.3, -0.25) is 0 Å². The highest BCUT2D eigenvalue weighted by Gasteiger charge is 2.28. The lowest BCUT2D eigenvalue weighted by Crippen LogP contribution is -2.14. The molecule has 1 aliphatic rings. The molecule has 2 aromatic rings. The van der Waals surface area contributed by atoms with E-state index >= 15 is 0 Å². The normalized spacial score (nSPS) is 23.4. The number of benzene rings is 1. The fourth-order valence-corrected chi connectivity index (χ4v) is 2.73. The lowest BCUT2D eigenvalue weighted by molar-refractivity contribution is 0.370. The maximum Gasteiger partial charge on any atom is 0.182 e. The monoisotopic (exact) mass is 243 g/mol. The molecule has 2 atom stereocenters. The Hall–Kier alpha value is -1.91. The number of anilines is 1. The van der Waals surface area contributed by atoms with Crippen molar-refractivity contribution in [3.8, 4) is 11.4 Å². The Morgan fingerprint density at radius 2 is 2.00 bits per heavy atom. The summed E-state index contributed by atoms with van der Waals surface area (Å²) in [5.41, 5.74) is 7.48. The predicted molar refractivity (Wildman–Crippen MR) is 69.7 cm³/mol. The van der Waals surface area contributed by atoms with Crippen LogP contribution in [0.1, 0.15) is 32.2 Å². The van der Waals surface area contributed by atoms with Gasteiger partial charge in [0, 0.05) is 11.3 Å². The Kier molecular flexibility index (Phi) is 2.74. The molecule has 94 valence electrons. The van der Waals surface area contributed by atoms with Gasteiger partial charge in [0.2, 0.25) is 0 Å². The van der Waals surface area contributed by atoms with Gasteiger partial charge >= 0.3 is 0 Å². The molecule has 2 unspecified atom stereocenters. The topological polar surface area (TPSA) is 69.6 Å². The van der Waals surface area contributed by atoms with E-state index in [2.05, 4.69) is 22.4 Å². The van der Waals surface area contributed by atoms with Crippen molar-refractivity contribution in [1.29, 1.82) is 0 Å². The molecule has 1 aromatic carbocycles. The van der Waals surface area contributed by atoms with Gasteiger partial charge in [0.15, 0.2) is 5.82 Å². The first kappa shape index (κ1) is 11.2. The van der Waals surface area contributed by atoms with Gasteiger partial charge in [-0.25, -0.2) is 4.68 Å². The van der Waals surface area contributed by atoms with Gasteiger partial charge in [-0.2, -0.15) is 0 Å². The van der Waals surface area contributed by atoms with Gasteiger partial charge in [-0.15, -0.1) is 5.10 Å². The molecule has 5 nitrogen and oxygen atoms in total. The van der Waals surface area contributed by atoms with Gasteiger partial charge < -0.3 is 5.73 Å². The zero-order valence-electron chi connectivity index (χ0n) is 10.5. The molecule has 5 heteroatoms. The van der Waals surface area contributed by atoms with Gasteiger partial charge in [-0.05, 0) is 53.5 Å². The average molecular weight is 243 g/mol. The molecule has 0 aliphatic heterocycles. The molecule has 1 aromatic heterocycles. The molecule has 1 heterocycles. The fourth-order valence-electron chi connectivity index (χ4n) is 2.73. The fraction of sp³-hybridized carbons (Fsp3) is 0.462. The SMILES string of the molecule is CC1CCCC1n1nnnc1-c1ccc(N)cc1. The molecule has 0 spiro atoms. The molecule has 1 aliphatic carbocycles. The van der Waals surface area contributed by atoms with Crippen LogP contribution in [0.4, 0.5) is 5.69 Å². The van der Waals surface area contributed by atoms with E-state index in [1.807, 2.05) is 28.9 Å². The summed E-state index contributed by atoms with van der Waals surface area (Å²) in [7, 11) is 0. The molecule has 0 saturated heterocycles. The Labute approximate surface area is 106 Å². The van der Waals surface area contributed by atoms with Crippen molar-refractivity contribution in [1.82, 2.24) is 20.2 Å². The maximum absolute atomic E-state index is 5.70. The summed E-state index contributed by atoms with van der Waals surface area (Å²) in [4.78, 5) is 0. The van der Waals surface area contributed by atoms with Crippen LogP contribution in [0.15, 0.2) is 24.3 Å². The van der Waals surface area contributed by atoms with Crippen molar-refractivity contribution in [3.63, 3.8) is 0 Å². The minimum Gasteiger partial charge on any atom is -0.399 e. The Bertz CT molecular complexity index is 531. The van der Waals surface area contributed by atoms with Crippen LogP contribution in [0, 0.1) is 5.92 Å². The van der Waals surface area contributed by atoms with Gasteiger partial charge in [0.05, 0.1) is 6.04 Å². The summed E-state index contributed by atoms with van der Waals surface area (Å²) in [6, 6.07) is 8.13. The number of nitrogen functional groups attached to an aromatic ring is 1. The molecular formula is C13H17N5. The molecule has 2 N–H and O–H groups in total. The lowest BCUT2D eigenvalue weighted by Gasteiger charge is -2.16.